The van der Waals surface area contributed by atoms with Gasteiger partial charge in [-0.3, -0.25) is 0 Å². The van der Waals surface area contributed by atoms with Gasteiger partial charge < -0.3 is 18.6 Å². The van der Waals surface area contributed by atoms with Gasteiger partial charge in [0.2, 0.25) is 0 Å². The molecule has 0 saturated carbocycles. The highest BCUT2D eigenvalue weighted by molar-refractivity contribution is 6.20. The van der Waals surface area contributed by atoms with Crippen LogP contribution in [0, 0.1) is 48.5 Å². The molecule has 2 heterocycles. The van der Waals surface area contributed by atoms with Crippen molar-refractivity contribution in [3.05, 3.63) is 191 Å². The standard InChI is InChI=1S/C57H46N2O2/c1-33-16-18-37(5)52(24-33)58(50-14-10-8-12-35(50)3)44-22-20-40-28-46-48-32-49-47-29-41-21-23-45(59(51-15-11-9-13-36(51)4)53-25-34(2)17-19-38(53)6)27-43(41)31-55(47)61-57(49)39(7)56(48)60-54(46)30-42(40)26-44/h8-32H,1-7H3. The quantitative estimate of drug-likeness (QED) is 0.168. The minimum Gasteiger partial charge on any atom is -0.456 e. The van der Waals surface area contributed by atoms with Gasteiger partial charge in [-0.1, -0.05) is 72.8 Å². The fourth-order valence-corrected chi connectivity index (χ4v) is 9.43. The number of rotatable bonds is 6. The van der Waals surface area contributed by atoms with Crippen molar-refractivity contribution in [2.24, 2.45) is 0 Å². The molecule has 11 rings (SSSR count). The predicted molar refractivity (Wildman–Crippen MR) is 259 cm³/mol. The van der Waals surface area contributed by atoms with E-state index in [2.05, 4.69) is 210 Å². The molecule has 0 aliphatic heterocycles. The molecule has 0 aliphatic rings. The fourth-order valence-electron chi connectivity index (χ4n) is 9.43. The highest BCUT2D eigenvalue weighted by Crippen LogP contribution is 2.45. The van der Waals surface area contributed by atoms with Crippen LogP contribution in [0.15, 0.2) is 160 Å². The molecule has 0 radical (unpaired) electrons. The van der Waals surface area contributed by atoms with Crippen molar-refractivity contribution in [3.8, 4) is 0 Å². The minimum atomic E-state index is 0.864. The summed E-state index contributed by atoms with van der Waals surface area (Å²) in [7, 11) is 0. The van der Waals surface area contributed by atoms with Crippen LogP contribution in [0.2, 0.25) is 0 Å². The number of nitrogens with zero attached hydrogens (tertiary/aromatic N) is 2. The van der Waals surface area contributed by atoms with Crippen molar-refractivity contribution in [3.63, 3.8) is 0 Å². The van der Waals surface area contributed by atoms with Crippen LogP contribution in [0.5, 0.6) is 0 Å². The molecule has 9 aromatic carbocycles. The summed E-state index contributed by atoms with van der Waals surface area (Å²) < 4.78 is 13.5. The number of fused-ring (bicyclic) bond motifs is 8. The SMILES string of the molecule is Cc1ccc(C)c(N(c2ccc3cc4c(cc3c2)oc2c(C)c3oc5cc6cc(N(c7ccccc7C)c7cc(C)ccc7C)ccc6cc5c3cc24)c2ccccc2C)c1. The molecule has 2 aromatic heterocycles. The zero-order valence-corrected chi connectivity index (χ0v) is 35.6. The molecule has 4 heteroatoms. The molecule has 61 heavy (non-hydrogen) atoms. The van der Waals surface area contributed by atoms with E-state index in [-0.39, 0.29) is 0 Å². The van der Waals surface area contributed by atoms with E-state index in [0.29, 0.717) is 0 Å². The van der Waals surface area contributed by atoms with Gasteiger partial charge in [0.1, 0.15) is 22.3 Å². The number of hydrogen-bond acceptors (Lipinski definition) is 4. The number of hydrogen-bond donors (Lipinski definition) is 0. The van der Waals surface area contributed by atoms with E-state index in [1.807, 2.05) is 0 Å². The van der Waals surface area contributed by atoms with Crippen molar-refractivity contribution in [1.29, 1.82) is 0 Å². The number of anilines is 6. The Kier molecular flexibility index (Phi) is 8.37. The van der Waals surface area contributed by atoms with E-state index in [9.17, 15) is 0 Å². The molecule has 4 nitrogen and oxygen atoms in total. The molecule has 0 N–H and O–H groups in total. The Labute approximate surface area is 355 Å². The average Bonchev–Trinajstić information content (AvgIpc) is 3.80. The summed E-state index contributed by atoms with van der Waals surface area (Å²) in [6.45, 7) is 15.2. The molecule has 0 atom stereocenters. The smallest absolute Gasteiger partial charge is 0.142 e. The van der Waals surface area contributed by atoms with Crippen LogP contribution < -0.4 is 9.80 Å². The van der Waals surface area contributed by atoms with Gasteiger partial charge in [-0.05, 0) is 182 Å². The molecule has 0 unspecified atom stereocenters. The molecule has 0 aliphatic carbocycles. The summed E-state index contributed by atoms with van der Waals surface area (Å²) in [5.74, 6) is 0. The molecule has 0 bridgehead atoms. The van der Waals surface area contributed by atoms with Crippen LogP contribution in [-0.4, -0.2) is 0 Å². The van der Waals surface area contributed by atoms with Gasteiger partial charge in [0, 0.05) is 61.2 Å². The zero-order chi connectivity index (χ0) is 41.7. The van der Waals surface area contributed by atoms with Crippen LogP contribution >= 0.6 is 0 Å². The second-order valence-electron chi connectivity index (χ2n) is 17.0. The Hall–Kier alpha value is -7.30. The molecular weight excluding hydrogens is 745 g/mol. The van der Waals surface area contributed by atoms with Crippen molar-refractivity contribution >= 4 is 99.5 Å². The molecule has 296 valence electrons. The normalized spacial score (nSPS) is 11.9. The number of benzene rings is 9. The topological polar surface area (TPSA) is 32.8 Å². The Balaban J connectivity index is 1.04. The lowest BCUT2D eigenvalue weighted by molar-refractivity contribution is 0.651. The van der Waals surface area contributed by atoms with Crippen LogP contribution in [0.4, 0.5) is 34.1 Å². The summed E-state index contributed by atoms with van der Waals surface area (Å²) in [4.78, 5) is 4.78. The lowest BCUT2D eigenvalue weighted by Crippen LogP contribution is -2.12. The van der Waals surface area contributed by atoms with Gasteiger partial charge in [0.05, 0.1) is 0 Å². The Bertz CT molecular complexity index is 3350. The van der Waals surface area contributed by atoms with Crippen molar-refractivity contribution < 1.29 is 8.83 Å². The molecular formula is C57H46N2O2. The number of furan rings is 2. The largest absolute Gasteiger partial charge is 0.456 e. The van der Waals surface area contributed by atoms with Gasteiger partial charge in [-0.15, -0.1) is 0 Å². The van der Waals surface area contributed by atoms with Crippen LogP contribution in [0.1, 0.15) is 38.9 Å². The third kappa shape index (κ3) is 5.96. The summed E-state index contributed by atoms with van der Waals surface area (Å²) in [6, 6.07) is 55.4. The number of aryl methyl sites for hydroxylation is 7. The summed E-state index contributed by atoms with van der Waals surface area (Å²) >= 11 is 0. The van der Waals surface area contributed by atoms with Gasteiger partial charge >= 0.3 is 0 Å². The van der Waals surface area contributed by atoms with E-state index in [0.717, 1.165) is 71.6 Å². The lowest BCUT2D eigenvalue weighted by Gasteiger charge is -2.29. The summed E-state index contributed by atoms with van der Waals surface area (Å²) in [5, 5.41) is 9.00. The zero-order valence-electron chi connectivity index (χ0n) is 35.6. The maximum absolute atomic E-state index is 6.77. The second kappa shape index (κ2) is 13.9. The highest BCUT2D eigenvalue weighted by Gasteiger charge is 2.22. The van der Waals surface area contributed by atoms with E-state index < -0.39 is 0 Å². The Morgan fingerprint density at radius 3 is 1.20 bits per heavy atom. The van der Waals surface area contributed by atoms with E-state index in [4.69, 9.17) is 8.83 Å². The summed E-state index contributed by atoms with van der Waals surface area (Å²) in [6.07, 6.45) is 0. The van der Waals surface area contributed by atoms with E-state index in [1.54, 1.807) is 0 Å². The third-order valence-corrected chi connectivity index (χ3v) is 12.7. The van der Waals surface area contributed by atoms with Gasteiger partial charge in [0.15, 0.2) is 0 Å². The lowest BCUT2D eigenvalue weighted by atomic mass is 10.00. The second-order valence-corrected chi connectivity index (χ2v) is 17.0. The Morgan fingerprint density at radius 2 is 0.754 bits per heavy atom. The maximum Gasteiger partial charge on any atom is 0.142 e. The Morgan fingerprint density at radius 1 is 0.328 bits per heavy atom. The first-order valence-electron chi connectivity index (χ1n) is 21.2. The van der Waals surface area contributed by atoms with Crippen molar-refractivity contribution in [2.75, 3.05) is 9.80 Å². The first kappa shape index (κ1) is 36.8. The monoisotopic (exact) mass is 790 g/mol. The van der Waals surface area contributed by atoms with Gasteiger partial charge in [-0.2, -0.15) is 0 Å². The molecule has 0 spiro atoms. The first-order valence-corrected chi connectivity index (χ1v) is 21.2. The van der Waals surface area contributed by atoms with Crippen LogP contribution in [0.3, 0.4) is 0 Å². The van der Waals surface area contributed by atoms with Crippen LogP contribution in [-0.2, 0) is 0 Å². The van der Waals surface area contributed by atoms with Crippen LogP contribution in [0.25, 0.3) is 65.4 Å². The maximum atomic E-state index is 6.77. The number of para-hydroxylation sites is 2. The van der Waals surface area contributed by atoms with Crippen molar-refractivity contribution in [1.82, 2.24) is 0 Å². The van der Waals surface area contributed by atoms with E-state index in [1.165, 1.54) is 66.9 Å². The van der Waals surface area contributed by atoms with Gasteiger partial charge in [0.25, 0.3) is 0 Å². The summed E-state index contributed by atoms with van der Waals surface area (Å²) in [5.41, 5.74) is 18.7. The molecule has 11 aromatic rings. The molecule has 0 saturated heterocycles. The fraction of sp³-hybridized carbons (Fsp3) is 0.123. The molecule has 0 fully saturated rings. The minimum absolute atomic E-state index is 0.864. The first-order chi connectivity index (χ1) is 29.6. The van der Waals surface area contributed by atoms with Crippen molar-refractivity contribution in [2.45, 2.75) is 48.5 Å². The average molecular weight is 791 g/mol. The third-order valence-electron chi connectivity index (χ3n) is 12.7. The predicted octanol–water partition coefficient (Wildman–Crippen LogP) is 16.9. The molecule has 0 amide bonds. The van der Waals surface area contributed by atoms with E-state index >= 15 is 0 Å². The van der Waals surface area contributed by atoms with Gasteiger partial charge in [-0.25, -0.2) is 0 Å². The highest BCUT2D eigenvalue weighted by atomic mass is 16.3.